The van der Waals surface area contributed by atoms with E-state index in [4.69, 9.17) is 14.6 Å². The van der Waals surface area contributed by atoms with Crippen LogP contribution in [0.5, 0.6) is 11.5 Å². The first kappa shape index (κ1) is 15.6. The quantitative estimate of drug-likeness (QED) is 0.872. The maximum Gasteiger partial charge on any atom is 0.320 e. The molecule has 0 fully saturated rings. The van der Waals surface area contributed by atoms with Crippen molar-refractivity contribution in [3.8, 4) is 11.5 Å². The van der Waals surface area contributed by atoms with Crippen LogP contribution in [-0.2, 0) is 17.8 Å². The largest absolute Gasteiger partial charge is 0.490 e. The van der Waals surface area contributed by atoms with Gasteiger partial charge in [0.2, 0.25) is 0 Å². The molecule has 1 N–H and O–H groups in total. The summed E-state index contributed by atoms with van der Waals surface area (Å²) in [7, 11) is 0. The number of hydrogen-bond donors (Lipinski definition) is 1. The average molecular weight is 293 g/mol. The molecule has 5 heteroatoms. The minimum Gasteiger partial charge on any atom is -0.490 e. The fourth-order valence-corrected chi connectivity index (χ4v) is 2.61. The Bertz CT molecular complexity index is 515. The zero-order valence-electron chi connectivity index (χ0n) is 12.9. The van der Waals surface area contributed by atoms with E-state index in [-0.39, 0.29) is 0 Å². The minimum atomic E-state index is -0.783. The predicted molar refractivity (Wildman–Crippen MR) is 80.0 cm³/mol. The Morgan fingerprint density at radius 3 is 2.33 bits per heavy atom. The summed E-state index contributed by atoms with van der Waals surface area (Å²) in [5.74, 6) is 0.732. The van der Waals surface area contributed by atoms with Gasteiger partial charge in [-0.15, -0.1) is 0 Å². The first-order chi connectivity index (χ1) is 10.1. The zero-order valence-corrected chi connectivity index (χ0v) is 12.9. The lowest BCUT2D eigenvalue weighted by Crippen LogP contribution is -2.42. The van der Waals surface area contributed by atoms with Crippen molar-refractivity contribution in [1.29, 1.82) is 0 Å². The van der Waals surface area contributed by atoms with Crippen molar-refractivity contribution in [3.05, 3.63) is 23.3 Å². The van der Waals surface area contributed by atoms with E-state index in [1.807, 2.05) is 30.9 Å². The van der Waals surface area contributed by atoms with Crippen molar-refractivity contribution in [2.24, 2.45) is 0 Å². The first-order valence-electron chi connectivity index (χ1n) is 7.45. The van der Waals surface area contributed by atoms with Crippen LogP contribution in [0.1, 0.15) is 31.9 Å². The molecule has 21 heavy (non-hydrogen) atoms. The lowest BCUT2D eigenvalue weighted by atomic mass is 9.97. The highest BCUT2D eigenvalue weighted by Crippen LogP contribution is 2.34. The molecule has 1 aliphatic rings. The van der Waals surface area contributed by atoms with Crippen LogP contribution in [0.4, 0.5) is 0 Å². The van der Waals surface area contributed by atoms with Crippen molar-refractivity contribution < 1.29 is 19.4 Å². The third kappa shape index (κ3) is 3.47. The zero-order chi connectivity index (χ0) is 15.4. The van der Waals surface area contributed by atoms with Crippen LogP contribution in [0, 0.1) is 0 Å². The average Bonchev–Trinajstić information content (AvgIpc) is 2.47. The van der Waals surface area contributed by atoms with E-state index in [2.05, 4.69) is 0 Å². The number of carboxylic acid groups (broad SMARTS) is 1. The van der Waals surface area contributed by atoms with Gasteiger partial charge in [-0.25, -0.2) is 0 Å². The molecule has 0 aromatic heterocycles. The summed E-state index contributed by atoms with van der Waals surface area (Å²) in [6.07, 6.45) is 0.833. The molecule has 1 aromatic rings. The molecule has 116 valence electrons. The Morgan fingerprint density at radius 1 is 1.24 bits per heavy atom. The second-order valence-corrected chi connectivity index (χ2v) is 5.17. The van der Waals surface area contributed by atoms with Gasteiger partial charge in [0.15, 0.2) is 11.5 Å². The molecule has 1 unspecified atom stereocenters. The summed E-state index contributed by atoms with van der Waals surface area (Å²) >= 11 is 0. The minimum absolute atomic E-state index is 0.472. The van der Waals surface area contributed by atoms with E-state index in [1.54, 1.807) is 6.92 Å². The number of ether oxygens (including phenoxy) is 2. The predicted octanol–water partition coefficient (Wildman–Crippen LogP) is 2.32. The van der Waals surface area contributed by atoms with Gasteiger partial charge < -0.3 is 14.6 Å². The van der Waals surface area contributed by atoms with Gasteiger partial charge in [-0.1, -0.05) is 0 Å². The van der Waals surface area contributed by atoms with Gasteiger partial charge in [0, 0.05) is 13.1 Å². The van der Waals surface area contributed by atoms with Gasteiger partial charge in [0.25, 0.3) is 0 Å². The van der Waals surface area contributed by atoms with Crippen LogP contribution in [0.2, 0.25) is 0 Å². The van der Waals surface area contributed by atoms with Crippen LogP contribution in [0.3, 0.4) is 0 Å². The van der Waals surface area contributed by atoms with Crippen LogP contribution >= 0.6 is 0 Å². The van der Waals surface area contributed by atoms with Gasteiger partial charge in [-0.2, -0.15) is 0 Å². The highest BCUT2D eigenvalue weighted by atomic mass is 16.5. The Labute approximate surface area is 125 Å². The van der Waals surface area contributed by atoms with Gasteiger partial charge >= 0.3 is 5.97 Å². The summed E-state index contributed by atoms with van der Waals surface area (Å²) in [6, 6.07) is 3.55. The highest BCUT2D eigenvalue weighted by molar-refractivity contribution is 5.73. The van der Waals surface area contributed by atoms with E-state index in [1.165, 1.54) is 5.56 Å². The standard InChI is InChI=1S/C16H23NO4/c1-4-20-14-8-12-6-7-17(11(3)16(18)19)10-13(12)9-15(14)21-5-2/h8-9,11H,4-7,10H2,1-3H3,(H,18,19). The van der Waals surface area contributed by atoms with Crippen molar-refractivity contribution in [2.75, 3.05) is 19.8 Å². The van der Waals surface area contributed by atoms with Gasteiger partial charge in [0.05, 0.1) is 13.2 Å². The summed E-state index contributed by atoms with van der Waals surface area (Å²) in [5.41, 5.74) is 2.34. The molecule has 0 spiro atoms. The third-order valence-corrected chi connectivity index (χ3v) is 3.81. The van der Waals surface area contributed by atoms with Gasteiger partial charge in [0.1, 0.15) is 6.04 Å². The number of benzene rings is 1. The fraction of sp³-hybridized carbons (Fsp3) is 0.562. The molecule has 0 aliphatic carbocycles. The molecule has 0 radical (unpaired) electrons. The Balaban J connectivity index is 2.26. The molecule has 1 aromatic carbocycles. The Hall–Kier alpha value is -1.75. The third-order valence-electron chi connectivity index (χ3n) is 3.81. The Kier molecular flexibility index (Phi) is 5.07. The van der Waals surface area contributed by atoms with Crippen molar-refractivity contribution in [1.82, 2.24) is 4.90 Å². The van der Waals surface area contributed by atoms with Crippen molar-refractivity contribution >= 4 is 5.97 Å². The molecule has 0 bridgehead atoms. The number of nitrogens with zero attached hydrogens (tertiary/aromatic N) is 1. The summed E-state index contributed by atoms with van der Waals surface area (Å²) in [5, 5.41) is 9.15. The molecule has 0 amide bonds. The van der Waals surface area contributed by atoms with Crippen LogP contribution in [-0.4, -0.2) is 41.8 Å². The highest BCUT2D eigenvalue weighted by Gasteiger charge is 2.26. The number of carboxylic acids is 1. The molecule has 1 atom stereocenters. The smallest absolute Gasteiger partial charge is 0.320 e. The number of hydrogen-bond acceptors (Lipinski definition) is 4. The maximum absolute atomic E-state index is 11.1. The topological polar surface area (TPSA) is 59.0 Å². The second kappa shape index (κ2) is 6.80. The van der Waals surface area contributed by atoms with Crippen molar-refractivity contribution in [3.63, 3.8) is 0 Å². The lowest BCUT2D eigenvalue weighted by Gasteiger charge is -2.32. The van der Waals surface area contributed by atoms with E-state index >= 15 is 0 Å². The van der Waals surface area contributed by atoms with Gasteiger partial charge in [-0.3, -0.25) is 9.69 Å². The number of aliphatic carboxylic acids is 1. The SMILES string of the molecule is CCOc1cc2c(cc1OCC)CN(C(C)C(=O)O)CC2. The normalized spacial score (nSPS) is 16.1. The second-order valence-electron chi connectivity index (χ2n) is 5.17. The molecular formula is C16H23NO4. The number of fused-ring (bicyclic) bond motifs is 1. The molecular weight excluding hydrogens is 270 g/mol. The van der Waals surface area contributed by atoms with E-state index in [9.17, 15) is 4.79 Å². The molecule has 1 heterocycles. The van der Waals surface area contributed by atoms with E-state index in [0.29, 0.717) is 19.8 Å². The van der Waals surface area contributed by atoms with Crippen LogP contribution < -0.4 is 9.47 Å². The van der Waals surface area contributed by atoms with E-state index in [0.717, 1.165) is 30.0 Å². The van der Waals surface area contributed by atoms with Crippen LogP contribution in [0.25, 0.3) is 0 Å². The molecule has 1 aliphatic heterocycles. The first-order valence-corrected chi connectivity index (χ1v) is 7.45. The number of rotatable bonds is 6. The molecule has 2 rings (SSSR count). The number of carbonyl (C=O) groups is 1. The fourth-order valence-electron chi connectivity index (χ4n) is 2.61. The Morgan fingerprint density at radius 2 is 1.81 bits per heavy atom. The van der Waals surface area contributed by atoms with Crippen molar-refractivity contribution in [2.45, 2.75) is 39.8 Å². The van der Waals surface area contributed by atoms with Crippen LogP contribution in [0.15, 0.2) is 12.1 Å². The summed E-state index contributed by atoms with van der Waals surface area (Å²) in [6.45, 7) is 8.18. The molecule has 0 saturated heterocycles. The summed E-state index contributed by atoms with van der Waals surface area (Å²) < 4.78 is 11.3. The van der Waals surface area contributed by atoms with Gasteiger partial charge in [-0.05, 0) is 50.5 Å². The van der Waals surface area contributed by atoms with E-state index < -0.39 is 12.0 Å². The molecule has 5 nitrogen and oxygen atoms in total. The monoisotopic (exact) mass is 293 g/mol. The summed E-state index contributed by atoms with van der Waals surface area (Å²) in [4.78, 5) is 13.1. The molecule has 0 saturated carbocycles. The lowest BCUT2D eigenvalue weighted by molar-refractivity contribution is -0.143. The maximum atomic E-state index is 11.1.